The van der Waals surface area contributed by atoms with E-state index >= 15 is 0 Å². The minimum absolute atomic E-state index is 0.123. The predicted molar refractivity (Wildman–Crippen MR) is 101 cm³/mol. The molecule has 24 heavy (non-hydrogen) atoms. The summed E-state index contributed by atoms with van der Waals surface area (Å²) in [5.74, 6) is -0.123. The van der Waals surface area contributed by atoms with Gasteiger partial charge in [-0.15, -0.1) is 0 Å². The molecular weight excluding hydrogens is 342 g/mol. The zero-order valence-corrected chi connectivity index (χ0v) is 14.8. The van der Waals surface area contributed by atoms with Crippen LogP contribution in [0.5, 0.6) is 0 Å². The highest BCUT2D eigenvalue weighted by Crippen LogP contribution is 2.40. The number of carbonyl (C=O) groups excluding carboxylic acids is 1. The Labute approximate surface area is 150 Å². The first kappa shape index (κ1) is 16.9. The second-order valence-corrected chi connectivity index (χ2v) is 6.77. The first-order valence-corrected chi connectivity index (χ1v) is 8.88. The fourth-order valence-electron chi connectivity index (χ4n) is 2.64. The van der Waals surface area contributed by atoms with Crippen molar-refractivity contribution in [3.8, 4) is 0 Å². The van der Waals surface area contributed by atoms with Crippen LogP contribution in [-0.2, 0) is 6.54 Å². The Morgan fingerprint density at radius 1 is 1.25 bits per heavy atom. The van der Waals surface area contributed by atoms with Crippen LogP contribution < -0.4 is 16.0 Å². The number of amides is 1. The Bertz CT molecular complexity index is 779. The quantitative estimate of drug-likeness (QED) is 0.868. The summed E-state index contributed by atoms with van der Waals surface area (Å²) in [4.78, 5) is 14.5. The highest BCUT2D eigenvalue weighted by molar-refractivity contribution is 8.03. The average molecular weight is 360 g/mol. The summed E-state index contributed by atoms with van der Waals surface area (Å²) < 4.78 is 0. The molecule has 0 fully saturated rings. The fraction of sp³-hybridized carbons (Fsp3) is 0.167. The minimum atomic E-state index is -0.261. The lowest BCUT2D eigenvalue weighted by molar-refractivity contribution is 0.0950. The number of hydrogen-bond donors (Lipinski definition) is 2. The molecule has 0 spiro atoms. The Morgan fingerprint density at radius 2 is 2.00 bits per heavy atom. The number of benzene rings is 2. The van der Waals surface area contributed by atoms with Crippen LogP contribution in [0.15, 0.2) is 59.6 Å². The Kier molecular flexibility index (Phi) is 5.14. The highest BCUT2D eigenvalue weighted by Gasteiger charge is 2.30. The lowest BCUT2D eigenvalue weighted by Gasteiger charge is -2.31. The number of carbonyl (C=O) groups is 1. The summed E-state index contributed by atoms with van der Waals surface area (Å²) in [5.41, 5.74) is 9.04. The summed E-state index contributed by atoms with van der Waals surface area (Å²) in [6.45, 7) is 2.37. The second-order valence-electron chi connectivity index (χ2n) is 5.41. The van der Waals surface area contributed by atoms with E-state index in [1.54, 1.807) is 12.1 Å². The molecule has 3 N–H and O–H groups in total. The fourth-order valence-corrected chi connectivity index (χ4v) is 3.93. The lowest BCUT2D eigenvalue weighted by Crippen LogP contribution is -2.43. The third-order valence-electron chi connectivity index (χ3n) is 3.80. The topological polar surface area (TPSA) is 58.4 Å². The van der Waals surface area contributed by atoms with Gasteiger partial charge in [0.05, 0.1) is 10.7 Å². The van der Waals surface area contributed by atoms with Crippen molar-refractivity contribution in [3.05, 3.63) is 75.8 Å². The van der Waals surface area contributed by atoms with Gasteiger partial charge < -0.3 is 16.0 Å². The van der Waals surface area contributed by atoms with E-state index in [9.17, 15) is 4.79 Å². The molecule has 0 bridgehead atoms. The summed E-state index contributed by atoms with van der Waals surface area (Å²) in [6.07, 6.45) is 0. The molecule has 1 unspecified atom stereocenters. The van der Waals surface area contributed by atoms with Crippen LogP contribution in [0.4, 0.5) is 5.69 Å². The smallest absolute Gasteiger partial charge is 0.253 e. The number of hydrogen-bond acceptors (Lipinski definition) is 4. The lowest BCUT2D eigenvalue weighted by atomic mass is 10.1. The molecule has 0 saturated heterocycles. The zero-order valence-electron chi connectivity index (χ0n) is 13.2. The Hall–Kier alpha value is -1.95. The summed E-state index contributed by atoms with van der Waals surface area (Å²) in [7, 11) is 0. The monoisotopic (exact) mass is 359 g/mol. The normalized spacial score (nSPS) is 16.9. The third-order valence-corrected chi connectivity index (χ3v) is 5.17. The van der Waals surface area contributed by atoms with E-state index in [-0.39, 0.29) is 11.4 Å². The number of nitrogens with two attached hydrogens (primary N) is 1. The molecule has 1 atom stereocenters. The average Bonchev–Trinajstić information content (AvgIpc) is 2.95. The third kappa shape index (κ3) is 3.29. The van der Waals surface area contributed by atoms with Gasteiger partial charge in [0.2, 0.25) is 0 Å². The van der Waals surface area contributed by atoms with Crippen LogP contribution in [0, 0.1) is 0 Å². The molecule has 124 valence electrons. The SMILES string of the molecule is CC1=CSC(NC(=O)c2ccccc2)N1c1c(Cl)cccc1CN. The van der Waals surface area contributed by atoms with Crippen LogP contribution in [0.25, 0.3) is 0 Å². The molecule has 4 nitrogen and oxygen atoms in total. The maximum Gasteiger partial charge on any atom is 0.253 e. The van der Waals surface area contributed by atoms with E-state index in [4.69, 9.17) is 17.3 Å². The van der Waals surface area contributed by atoms with E-state index in [1.807, 2.05) is 53.6 Å². The Balaban J connectivity index is 1.89. The molecule has 1 aliphatic heterocycles. The zero-order chi connectivity index (χ0) is 17.1. The maximum atomic E-state index is 12.5. The van der Waals surface area contributed by atoms with Crippen LogP contribution >= 0.6 is 23.4 Å². The second kappa shape index (κ2) is 7.30. The molecule has 0 aliphatic carbocycles. The maximum absolute atomic E-state index is 12.5. The number of halogens is 1. The standard InChI is InChI=1S/C18H18ClN3OS/c1-12-11-24-18(21-17(23)13-6-3-2-4-7-13)22(12)16-14(10-20)8-5-9-15(16)19/h2-9,11,18H,10,20H2,1H3,(H,21,23). The highest BCUT2D eigenvalue weighted by atomic mass is 35.5. The molecule has 0 aromatic heterocycles. The van der Waals surface area contributed by atoms with Crippen LogP contribution in [0.1, 0.15) is 22.8 Å². The number of allylic oxidation sites excluding steroid dienone is 1. The van der Waals surface area contributed by atoms with E-state index in [0.29, 0.717) is 17.1 Å². The van der Waals surface area contributed by atoms with Gasteiger partial charge in [-0.1, -0.05) is 53.7 Å². The molecule has 1 amide bonds. The van der Waals surface area contributed by atoms with E-state index < -0.39 is 0 Å². The molecule has 0 radical (unpaired) electrons. The number of nitrogens with zero attached hydrogens (tertiary/aromatic N) is 1. The molecule has 2 aromatic rings. The summed E-state index contributed by atoms with van der Waals surface area (Å²) >= 11 is 7.96. The van der Waals surface area contributed by atoms with Crippen molar-refractivity contribution >= 4 is 35.0 Å². The van der Waals surface area contributed by atoms with Crippen molar-refractivity contribution in [1.82, 2.24) is 5.32 Å². The molecule has 0 saturated carbocycles. The Morgan fingerprint density at radius 3 is 2.71 bits per heavy atom. The molecule has 1 aliphatic rings. The van der Waals surface area contributed by atoms with Crippen molar-refractivity contribution < 1.29 is 4.79 Å². The van der Waals surface area contributed by atoms with E-state index in [1.165, 1.54) is 11.8 Å². The number of nitrogens with one attached hydrogen (secondary N) is 1. The van der Waals surface area contributed by atoms with Crippen molar-refractivity contribution in [2.75, 3.05) is 4.90 Å². The number of thioether (sulfide) groups is 1. The van der Waals surface area contributed by atoms with E-state index in [2.05, 4.69) is 5.32 Å². The summed E-state index contributed by atoms with van der Waals surface area (Å²) in [6, 6.07) is 14.8. The predicted octanol–water partition coefficient (Wildman–Crippen LogP) is 3.93. The van der Waals surface area contributed by atoms with Gasteiger partial charge in [-0.2, -0.15) is 0 Å². The van der Waals surface area contributed by atoms with Gasteiger partial charge in [0.15, 0.2) is 5.50 Å². The van der Waals surface area contributed by atoms with Crippen LogP contribution in [0.3, 0.4) is 0 Å². The summed E-state index contributed by atoms with van der Waals surface area (Å²) in [5, 5.41) is 5.68. The van der Waals surface area contributed by atoms with Gasteiger partial charge in [0, 0.05) is 17.8 Å². The van der Waals surface area contributed by atoms with Crippen LogP contribution in [-0.4, -0.2) is 11.4 Å². The van der Waals surface area contributed by atoms with Gasteiger partial charge in [-0.25, -0.2) is 0 Å². The molecular formula is C18H18ClN3OS. The van der Waals surface area contributed by atoms with Gasteiger partial charge >= 0.3 is 0 Å². The number of para-hydroxylation sites is 1. The molecule has 6 heteroatoms. The van der Waals surface area contributed by atoms with Crippen molar-refractivity contribution in [1.29, 1.82) is 0 Å². The molecule has 1 heterocycles. The van der Waals surface area contributed by atoms with Crippen molar-refractivity contribution in [2.45, 2.75) is 19.0 Å². The van der Waals surface area contributed by atoms with Gasteiger partial charge in [0.1, 0.15) is 0 Å². The van der Waals surface area contributed by atoms with Crippen molar-refractivity contribution in [2.24, 2.45) is 5.73 Å². The van der Waals surface area contributed by atoms with Gasteiger partial charge in [-0.05, 0) is 36.1 Å². The minimum Gasteiger partial charge on any atom is -0.326 e. The largest absolute Gasteiger partial charge is 0.326 e. The molecule has 3 rings (SSSR count). The number of anilines is 1. The first-order valence-electron chi connectivity index (χ1n) is 7.56. The van der Waals surface area contributed by atoms with Gasteiger partial charge in [0.25, 0.3) is 5.91 Å². The number of rotatable bonds is 4. The van der Waals surface area contributed by atoms with Crippen molar-refractivity contribution in [3.63, 3.8) is 0 Å². The van der Waals surface area contributed by atoms with Crippen LogP contribution in [0.2, 0.25) is 5.02 Å². The molecule has 2 aromatic carbocycles. The van der Waals surface area contributed by atoms with Gasteiger partial charge in [-0.3, -0.25) is 4.79 Å². The first-order chi connectivity index (χ1) is 11.6. The van der Waals surface area contributed by atoms with E-state index in [0.717, 1.165) is 16.9 Å².